The first-order chi connectivity index (χ1) is 8.24. The van der Waals surface area contributed by atoms with Gasteiger partial charge in [-0.05, 0) is 13.8 Å². The molecule has 5 nitrogen and oxygen atoms in total. The van der Waals surface area contributed by atoms with E-state index in [0.29, 0.717) is 0 Å². The Kier molecular flexibility index (Phi) is 6.84. The van der Waals surface area contributed by atoms with Crippen LogP contribution in [0.4, 0.5) is 0 Å². The van der Waals surface area contributed by atoms with Crippen LogP contribution >= 0.6 is 0 Å². The number of methoxy groups -OCH3 is 1. The molecule has 0 radical (unpaired) electrons. The quantitative estimate of drug-likeness (QED) is 0.656. The van der Waals surface area contributed by atoms with E-state index < -0.39 is 0 Å². The molecule has 0 aliphatic carbocycles. The third-order valence-electron chi connectivity index (χ3n) is 2.37. The summed E-state index contributed by atoms with van der Waals surface area (Å²) in [5, 5.41) is 3.30. The number of rotatable bonds is 9. The lowest BCUT2D eigenvalue weighted by atomic mass is 10.4. The first-order valence-corrected chi connectivity index (χ1v) is 6.04. The minimum atomic E-state index is 0.279. The molecule has 17 heavy (non-hydrogen) atoms. The van der Waals surface area contributed by atoms with E-state index in [4.69, 9.17) is 9.47 Å². The van der Waals surface area contributed by atoms with Crippen molar-refractivity contribution in [3.63, 3.8) is 0 Å². The molecule has 0 atom stereocenters. The van der Waals surface area contributed by atoms with Crippen molar-refractivity contribution in [2.75, 3.05) is 26.9 Å². The molecule has 1 N–H and O–H groups in total. The molecule has 5 heteroatoms. The lowest BCUT2D eigenvalue weighted by Gasteiger charge is -2.11. The predicted octanol–water partition coefficient (Wildman–Crippen LogP) is 1.04. The summed E-state index contributed by atoms with van der Waals surface area (Å²) in [7, 11) is 1.70. The number of nitrogens with zero attached hydrogens (tertiary/aromatic N) is 2. The fourth-order valence-electron chi connectivity index (χ4n) is 1.47. The van der Waals surface area contributed by atoms with E-state index in [1.807, 2.05) is 26.4 Å². The fourth-order valence-corrected chi connectivity index (χ4v) is 1.47. The average molecular weight is 241 g/mol. The minimum Gasteiger partial charge on any atom is -0.383 e. The molecule has 0 saturated heterocycles. The third kappa shape index (κ3) is 5.81. The summed E-state index contributed by atoms with van der Waals surface area (Å²) in [4.78, 5) is 4.15. The predicted molar refractivity (Wildman–Crippen MR) is 66.9 cm³/mol. The molecule has 1 rings (SSSR count). The molecule has 0 unspecified atom stereocenters. The Labute approximate surface area is 103 Å². The second-order valence-corrected chi connectivity index (χ2v) is 4.17. The lowest BCUT2D eigenvalue weighted by molar-refractivity contribution is 0.0723. The smallest absolute Gasteiger partial charge is 0.0949 e. The maximum atomic E-state index is 5.52. The SMILES string of the molecule is COCCNCc1cncn1CCOC(C)C. The van der Waals surface area contributed by atoms with Crippen molar-refractivity contribution in [2.45, 2.75) is 33.0 Å². The molecule has 1 heterocycles. The summed E-state index contributed by atoms with van der Waals surface area (Å²) in [6.07, 6.45) is 4.01. The van der Waals surface area contributed by atoms with Crippen molar-refractivity contribution in [1.82, 2.24) is 14.9 Å². The van der Waals surface area contributed by atoms with Gasteiger partial charge >= 0.3 is 0 Å². The zero-order valence-electron chi connectivity index (χ0n) is 11.0. The van der Waals surface area contributed by atoms with Crippen LogP contribution in [0.15, 0.2) is 12.5 Å². The topological polar surface area (TPSA) is 48.3 Å². The third-order valence-corrected chi connectivity index (χ3v) is 2.37. The zero-order chi connectivity index (χ0) is 12.5. The summed E-state index contributed by atoms with van der Waals surface area (Å²) >= 11 is 0. The van der Waals surface area contributed by atoms with Crippen LogP contribution in [-0.4, -0.2) is 42.5 Å². The standard InChI is InChI=1S/C12H23N3O2/c1-11(2)17-7-5-15-10-14-9-12(15)8-13-4-6-16-3/h9-11,13H,4-8H2,1-3H3. The molecular weight excluding hydrogens is 218 g/mol. The van der Waals surface area contributed by atoms with Crippen molar-refractivity contribution in [3.8, 4) is 0 Å². The van der Waals surface area contributed by atoms with Gasteiger partial charge in [-0.3, -0.25) is 0 Å². The number of nitrogens with one attached hydrogen (secondary N) is 1. The molecule has 0 aliphatic rings. The van der Waals surface area contributed by atoms with Gasteiger partial charge in [-0.15, -0.1) is 0 Å². The Hall–Kier alpha value is -0.910. The maximum absolute atomic E-state index is 5.52. The summed E-state index contributed by atoms with van der Waals surface area (Å²) in [5.41, 5.74) is 1.17. The van der Waals surface area contributed by atoms with Gasteiger partial charge in [0.1, 0.15) is 0 Å². The van der Waals surface area contributed by atoms with E-state index in [2.05, 4.69) is 14.9 Å². The molecule has 0 bridgehead atoms. The van der Waals surface area contributed by atoms with Gasteiger partial charge in [-0.25, -0.2) is 4.98 Å². The van der Waals surface area contributed by atoms with Crippen LogP contribution in [-0.2, 0) is 22.6 Å². The van der Waals surface area contributed by atoms with E-state index in [9.17, 15) is 0 Å². The second-order valence-electron chi connectivity index (χ2n) is 4.17. The molecule has 0 spiro atoms. The van der Waals surface area contributed by atoms with Gasteiger partial charge in [0.25, 0.3) is 0 Å². The molecular formula is C12H23N3O2. The van der Waals surface area contributed by atoms with Crippen LogP contribution in [0, 0.1) is 0 Å². The fraction of sp³-hybridized carbons (Fsp3) is 0.750. The van der Waals surface area contributed by atoms with Crippen LogP contribution in [0.3, 0.4) is 0 Å². The molecule has 1 aromatic heterocycles. The Morgan fingerprint density at radius 3 is 2.94 bits per heavy atom. The van der Waals surface area contributed by atoms with Crippen molar-refractivity contribution >= 4 is 0 Å². The Bertz CT molecular complexity index is 300. The molecule has 0 saturated carbocycles. The van der Waals surface area contributed by atoms with Gasteiger partial charge in [0, 0.05) is 32.9 Å². The van der Waals surface area contributed by atoms with Gasteiger partial charge in [0.2, 0.25) is 0 Å². The number of ether oxygens (including phenoxy) is 2. The molecule has 0 fully saturated rings. The van der Waals surface area contributed by atoms with Crippen LogP contribution in [0.5, 0.6) is 0 Å². The minimum absolute atomic E-state index is 0.279. The summed E-state index contributed by atoms with van der Waals surface area (Å²) < 4.78 is 12.6. The summed E-state index contributed by atoms with van der Waals surface area (Å²) in [5.74, 6) is 0. The zero-order valence-corrected chi connectivity index (χ0v) is 11.0. The summed E-state index contributed by atoms with van der Waals surface area (Å²) in [6.45, 7) is 8.04. The van der Waals surface area contributed by atoms with E-state index in [1.54, 1.807) is 7.11 Å². The maximum Gasteiger partial charge on any atom is 0.0949 e. The van der Waals surface area contributed by atoms with E-state index in [1.165, 1.54) is 5.69 Å². The number of aromatic nitrogens is 2. The highest BCUT2D eigenvalue weighted by atomic mass is 16.5. The van der Waals surface area contributed by atoms with Crippen molar-refractivity contribution in [3.05, 3.63) is 18.2 Å². The normalized spacial score (nSPS) is 11.3. The number of imidazole rings is 1. The molecule has 0 aliphatic heterocycles. The Morgan fingerprint density at radius 2 is 2.24 bits per heavy atom. The first kappa shape index (κ1) is 14.2. The lowest BCUT2D eigenvalue weighted by Crippen LogP contribution is -2.21. The van der Waals surface area contributed by atoms with Crippen LogP contribution in [0.25, 0.3) is 0 Å². The molecule has 0 amide bonds. The van der Waals surface area contributed by atoms with Gasteiger partial charge in [-0.2, -0.15) is 0 Å². The van der Waals surface area contributed by atoms with Crippen molar-refractivity contribution in [1.29, 1.82) is 0 Å². The van der Waals surface area contributed by atoms with E-state index >= 15 is 0 Å². The van der Waals surface area contributed by atoms with Crippen LogP contribution in [0.2, 0.25) is 0 Å². The van der Waals surface area contributed by atoms with E-state index in [0.717, 1.165) is 32.8 Å². The highest BCUT2D eigenvalue weighted by molar-refractivity contribution is 4.97. The molecule has 0 aromatic carbocycles. The van der Waals surface area contributed by atoms with Crippen LogP contribution < -0.4 is 5.32 Å². The first-order valence-electron chi connectivity index (χ1n) is 6.04. The molecule has 98 valence electrons. The van der Waals surface area contributed by atoms with Gasteiger partial charge in [0.05, 0.1) is 31.3 Å². The summed E-state index contributed by atoms with van der Waals surface area (Å²) in [6, 6.07) is 0. The monoisotopic (exact) mass is 241 g/mol. The Morgan fingerprint density at radius 1 is 1.41 bits per heavy atom. The largest absolute Gasteiger partial charge is 0.383 e. The number of hydrogen-bond donors (Lipinski definition) is 1. The Balaban J connectivity index is 2.27. The van der Waals surface area contributed by atoms with Gasteiger partial charge < -0.3 is 19.4 Å². The van der Waals surface area contributed by atoms with Crippen molar-refractivity contribution in [2.24, 2.45) is 0 Å². The average Bonchev–Trinajstić information content (AvgIpc) is 2.72. The van der Waals surface area contributed by atoms with Gasteiger partial charge in [-0.1, -0.05) is 0 Å². The van der Waals surface area contributed by atoms with Crippen LogP contribution in [0.1, 0.15) is 19.5 Å². The number of hydrogen-bond acceptors (Lipinski definition) is 4. The van der Waals surface area contributed by atoms with Crippen molar-refractivity contribution < 1.29 is 9.47 Å². The highest BCUT2D eigenvalue weighted by Gasteiger charge is 2.02. The molecule has 1 aromatic rings. The second kappa shape index (κ2) is 8.22. The van der Waals surface area contributed by atoms with E-state index in [-0.39, 0.29) is 6.10 Å². The highest BCUT2D eigenvalue weighted by Crippen LogP contribution is 1.99. The van der Waals surface area contributed by atoms with Gasteiger partial charge in [0.15, 0.2) is 0 Å².